The lowest BCUT2D eigenvalue weighted by Crippen LogP contribution is -2.39. The number of ether oxygens (including phenoxy) is 1. The predicted molar refractivity (Wildman–Crippen MR) is 151 cm³/mol. The molecule has 1 aliphatic heterocycles. The number of carbonyl (C=O) groups excluding carboxylic acids is 1. The fourth-order valence-electron chi connectivity index (χ4n) is 4.28. The van der Waals surface area contributed by atoms with E-state index in [1.54, 1.807) is 24.5 Å². The summed E-state index contributed by atoms with van der Waals surface area (Å²) in [5, 5.41) is 0. The summed E-state index contributed by atoms with van der Waals surface area (Å²) in [5.74, 6) is 0.763. The number of thiazole rings is 1. The van der Waals surface area contributed by atoms with E-state index in [-0.39, 0.29) is 12.2 Å². The highest BCUT2D eigenvalue weighted by molar-refractivity contribution is 9.10. The van der Waals surface area contributed by atoms with E-state index in [2.05, 4.69) is 36.9 Å². The summed E-state index contributed by atoms with van der Waals surface area (Å²) >= 11 is 8.32. The molecule has 0 saturated carbocycles. The summed E-state index contributed by atoms with van der Waals surface area (Å²) in [5.41, 5.74) is 3.49. The summed E-state index contributed by atoms with van der Waals surface area (Å²) in [6.07, 6.45) is 1.72. The van der Waals surface area contributed by atoms with Gasteiger partial charge in [-0.1, -0.05) is 61.4 Å². The molecular weight excluding hydrogens is 620 g/mol. The number of aromatic nitrogens is 1. The molecule has 0 spiro atoms. The molecule has 6 nitrogen and oxygen atoms in total. The zero-order valence-electron chi connectivity index (χ0n) is 20.2. The van der Waals surface area contributed by atoms with Crippen molar-refractivity contribution in [2.75, 3.05) is 6.61 Å². The van der Waals surface area contributed by atoms with Crippen LogP contribution in [-0.2, 0) is 9.53 Å². The van der Waals surface area contributed by atoms with Gasteiger partial charge < -0.3 is 9.15 Å². The lowest BCUT2D eigenvalue weighted by Gasteiger charge is -2.24. The number of allylic oxidation sites excluding steroid dienone is 1. The van der Waals surface area contributed by atoms with Crippen LogP contribution >= 0.6 is 43.2 Å². The molecule has 2 aromatic carbocycles. The second-order valence-electron chi connectivity index (χ2n) is 8.54. The van der Waals surface area contributed by atoms with Crippen molar-refractivity contribution in [2.24, 2.45) is 4.99 Å². The van der Waals surface area contributed by atoms with Crippen molar-refractivity contribution in [1.29, 1.82) is 0 Å². The number of nitrogens with zero attached hydrogens (tertiary/aromatic N) is 2. The van der Waals surface area contributed by atoms with Crippen molar-refractivity contribution in [3.63, 3.8) is 0 Å². The molecular formula is C28H22Br2N2O4S. The van der Waals surface area contributed by atoms with Gasteiger partial charge >= 0.3 is 5.97 Å². The van der Waals surface area contributed by atoms with Gasteiger partial charge in [0.05, 0.1) is 28.5 Å². The van der Waals surface area contributed by atoms with Crippen LogP contribution in [0.5, 0.6) is 0 Å². The zero-order valence-corrected chi connectivity index (χ0v) is 24.2. The number of esters is 1. The fourth-order valence-corrected chi connectivity index (χ4v) is 6.26. The standard InChI is InChI=1S/C28H22Br2N2O4S/c1-4-35-27(34)24-16(3)31-28-32(25(24)17-6-8-18(29)9-7-17)26(33)23(37-28)14-19-10-12-22(36-19)20-11-5-15(2)13-21(20)30/h5-14,25H,4H2,1-3H3/b23-14-/t25-/m0/s1. The Morgan fingerprint density at radius 1 is 1.14 bits per heavy atom. The lowest BCUT2D eigenvalue weighted by molar-refractivity contribution is -0.139. The second kappa shape index (κ2) is 10.4. The van der Waals surface area contributed by atoms with Gasteiger partial charge in [-0.25, -0.2) is 9.79 Å². The molecule has 5 rings (SSSR count). The number of carbonyl (C=O) groups is 1. The van der Waals surface area contributed by atoms with Crippen LogP contribution in [0, 0.1) is 6.92 Å². The summed E-state index contributed by atoms with van der Waals surface area (Å²) in [4.78, 5) is 31.8. The molecule has 0 radical (unpaired) electrons. The highest BCUT2D eigenvalue weighted by atomic mass is 79.9. The van der Waals surface area contributed by atoms with Gasteiger partial charge in [-0.3, -0.25) is 9.36 Å². The van der Waals surface area contributed by atoms with Crippen LogP contribution in [0.15, 0.2) is 89.0 Å². The normalized spacial score (nSPS) is 15.5. The SMILES string of the molecule is CCOC(=O)C1=C(C)N=c2s/c(=C\c3ccc(-c4ccc(C)cc4Br)o3)c(=O)n2[C@H]1c1ccc(Br)cc1. The number of fused-ring (bicyclic) bond motifs is 1. The summed E-state index contributed by atoms with van der Waals surface area (Å²) < 4.78 is 15.3. The number of rotatable bonds is 5. The van der Waals surface area contributed by atoms with Gasteiger partial charge in [-0.15, -0.1) is 0 Å². The maximum atomic E-state index is 13.7. The van der Waals surface area contributed by atoms with Crippen LogP contribution < -0.4 is 14.9 Å². The fraction of sp³-hybridized carbons (Fsp3) is 0.179. The molecule has 0 unspecified atom stereocenters. The first-order valence-electron chi connectivity index (χ1n) is 11.6. The Balaban J connectivity index is 1.63. The molecule has 0 bridgehead atoms. The summed E-state index contributed by atoms with van der Waals surface area (Å²) in [6, 6.07) is 16.7. The number of hydrogen-bond acceptors (Lipinski definition) is 6. The minimum absolute atomic E-state index is 0.227. The molecule has 37 heavy (non-hydrogen) atoms. The third kappa shape index (κ3) is 4.95. The first-order chi connectivity index (χ1) is 17.8. The van der Waals surface area contributed by atoms with E-state index in [9.17, 15) is 9.59 Å². The van der Waals surface area contributed by atoms with E-state index in [0.29, 0.717) is 32.1 Å². The van der Waals surface area contributed by atoms with E-state index in [1.165, 1.54) is 11.3 Å². The molecule has 0 fully saturated rings. The Hall–Kier alpha value is -3.01. The van der Waals surface area contributed by atoms with Crippen molar-refractivity contribution in [3.8, 4) is 11.3 Å². The number of aryl methyl sites for hydroxylation is 1. The lowest BCUT2D eigenvalue weighted by atomic mass is 9.96. The number of benzene rings is 2. The number of hydrogen-bond donors (Lipinski definition) is 0. The Labute approximate surface area is 233 Å². The van der Waals surface area contributed by atoms with Gasteiger partial charge in [0, 0.05) is 20.6 Å². The Morgan fingerprint density at radius 2 is 1.89 bits per heavy atom. The van der Waals surface area contributed by atoms with Crippen LogP contribution in [0.2, 0.25) is 0 Å². The van der Waals surface area contributed by atoms with Gasteiger partial charge in [-0.05, 0) is 68.3 Å². The Kier molecular flexibility index (Phi) is 7.20. The molecule has 188 valence electrons. The highest BCUT2D eigenvalue weighted by Gasteiger charge is 2.33. The van der Waals surface area contributed by atoms with Crippen LogP contribution in [0.1, 0.15) is 36.8 Å². The first-order valence-corrected chi connectivity index (χ1v) is 14.0. The Morgan fingerprint density at radius 3 is 2.59 bits per heavy atom. The van der Waals surface area contributed by atoms with Crippen molar-refractivity contribution in [2.45, 2.75) is 26.8 Å². The molecule has 9 heteroatoms. The molecule has 0 N–H and O–H groups in total. The van der Waals surface area contributed by atoms with E-state index < -0.39 is 12.0 Å². The Bertz CT molecular complexity index is 1730. The van der Waals surface area contributed by atoms with Crippen LogP contribution in [0.4, 0.5) is 0 Å². The monoisotopic (exact) mass is 640 g/mol. The van der Waals surface area contributed by atoms with Gasteiger partial charge in [-0.2, -0.15) is 0 Å². The minimum Gasteiger partial charge on any atom is -0.463 e. The summed E-state index contributed by atoms with van der Waals surface area (Å²) in [7, 11) is 0. The average molecular weight is 642 g/mol. The van der Waals surface area contributed by atoms with E-state index in [4.69, 9.17) is 9.15 Å². The molecule has 3 heterocycles. The van der Waals surface area contributed by atoms with Crippen molar-refractivity contribution >= 4 is 55.2 Å². The average Bonchev–Trinajstić information content (AvgIpc) is 3.43. The van der Waals surface area contributed by atoms with E-state index in [0.717, 1.165) is 25.6 Å². The van der Waals surface area contributed by atoms with Gasteiger partial charge in [0.15, 0.2) is 4.80 Å². The van der Waals surface area contributed by atoms with Crippen molar-refractivity contribution in [3.05, 3.63) is 111 Å². The summed E-state index contributed by atoms with van der Waals surface area (Å²) in [6.45, 7) is 5.78. The van der Waals surface area contributed by atoms with Crippen LogP contribution in [0.3, 0.4) is 0 Å². The van der Waals surface area contributed by atoms with Crippen molar-refractivity contribution in [1.82, 2.24) is 4.57 Å². The third-order valence-corrected chi connectivity index (χ3v) is 8.16. The quantitative estimate of drug-likeness (QED) is 0.255. The van der Waals surface area contributed by atoms with Gasteiger partial charge in [0.2, 0.25) is 0 Å². The third-order valence-electron chi connectivity index (χ3n) is 5.99. The molecule has 0 amide bonds. The first kappa shape index (κ1) is 25.6. The van der Waals surface area contributed by atoms with Crippen LogP contribution in [0.25, 0.3) is 17.4 Å². The highest BCUT2D eigenvalue weighted by Crippen LogP contribution is 2.32. The maximum Gasteiger partial charge on any atom is 0.338 e. The van der Waals surface area contributed by atoms with Crippen molar-refractivity contribution < 1.29 is 13.9 Å². The topological polar surface area (TPSA) is 73.8 Å². The predicted octanol–water partition coefficient (Wildman–Crippen LogP) is 5.89. The van der Waals surface area contributed by atoms with Gasteiger partial charge in [0.1, 0.15) is 11.5 Å². The minimum atomic E-state index is -0.652. The zero-order chi connectivity index (χ0) is 26.3. The smallest absolute Gasteiger partial charge is 0.338 e. The number of halogens is 2. The molecule has 1 aliphatic rings. The number of furan rings is 1. The molecule has 0 saturated heterocycles. The van der Waals surface area contributed by atoms with E-state index in [1.807, 2.05) is 61.5 Å². The second-order valence-corrected chi connectivity index (χ2v) is 11.3. The van der Waals surface area contributed by atoms with E-state index >= 15 is 0 Å². The maximum absolute atomic E-state index is 13.7. The van der Waals surface area contributed by atoms with Gasteiger partial charge in [0.25, 0.3) is 5.56 Å². The largest absolute Gasteiger partial charge is 0.463 e. The molecule has 1 atom stereocenters. The molecule has 2 aromatic heterocycles. The van der Waals surface area contributed by atoms with Crippen LogP contribution in [-0.4, -0.2) is 17.1 Å². The molecule has 4 aromatic rings. The molecule has 0 aliphatic carbocycles.